The minimum Gasteiger partial charge on any atom is -0.480 e. The average Bonchev–Trinajstić information content (AvgIpc) is 2.88. The van der Waals surface area contributed by atoms with E-state index < -0.39 is 33.2 Å². The predicted molar refractivity (Wildman–Crippen MR) is 58.1 cm³/mol. The number of carbonyl (C=O) groups excluding carboxylic acids is 1. The van der Waals surface area contributed by atoms with Crippen LogP contribution in [0.4, 0.5) is 0 Å². The Kier molecular flexibility index (Phi) is 3.41. The Bertz CT molecular complexity index is 314. The van der Waals surface area contributed by atoms with Crippen molar-refractivity contribution in [2.75, 3.05) is 7.11 Å². The number of ether oxygens (including phenoxy) is 1. The molecule has 16 heavy (non-hydrogen) atoms. The fourth-order valence-electron chi connectivity index (χ4n) is 1.63. The third kappa shape index (κ3) is 2.26. The number of hydrogen-bond donors (Lipinski definition) is 2. The molecule has 0 amide bonds. The van der Waals surface area contributed by atoms with Crippen molar-refractivity contribution in [1.29, 1.82) is 0 Å². The normalized spacial score (nSPS) is 30.7. The highest BCUT2D eigenvalue weighted by atomic mass is 28.3. The van der Waals surface area contributed by atoms with Gasteiger partial charge in [-0.2, -0.15) is 0 Å². The highest BCUT2D eigenvalue weighted by molar-refractivity contribution is 6.53. The van der Waals surface area contributed by atoms with E-state index in [0.717, 1.165) is 0 Å². The van der Waals surface area contributed by atoms with Crippen molar-refractivity contribution in [2.24, 2.45) is 0 Å². The van der Waals surface area contributed by atoms with Crippen LogP contribution in [-0.2, 0) is 14.3 Å². The van der Waals surface area contributed by atoms with Crippen LogP contribution in [0.1, 0.15) is 20.8 Å². The van der Waals surface area contributed by atoms with Crippen LogP contribution in [0.2, 0.25) is 5.04 Å². The van der Waals surface area contributed by atoms with Crippen LogP contribution in [0, 0.1) is 0 Å². The largest absolute Gasteiger partial charge is 0.480 e. The summed E-state index contributed by atoms with van der Waals surface area (Å²) < 4.78 is 5.90. The fourth-order valence-corrected chi connectivity index (χ4v) is 3.63. The van der Waals surface area contributed by atoms with Gasteiger partial charge in [-0.05, 0) is 5.04 Å². The molecular formula is C9H17NO5Si. The molecule has 7 heteroatoms. The molecular weight excluding hydrogens is 230 g/mol. The first kappa shape index (κ1) is 13.1. The molecule has 0 bridgehead atoms. The lowest BCUT2D eigenvalue weighted by Gasteiger charge is -2.24. The van der Waals surface area contributed by atoms with Gasteiger partial charge in [-0.15, -0.1) is 0 Å². The number of methoxy groups -OCH3 is 1. The Labute approximate surface area is 95.6 Å². The van der Waals surface area contributed by atoms with E-state index in [-0.39, 0.29) is 5.04 Å². The van der Waals surface area contributed by atoms with E-state index in [4.69, 9.17) is 5.11 Å². The van der Waals surface area contributed by atoms with Gasteiger partial charge in [0.1, 0.15) is 12.1 Å². The van der Waals surface area contributed by atoms with Crippen LogP contribution in [-0.4, -0.2) is 54.8 Å². The lowest BCUT2D eigenvalue weighted by Crippen LogP contribution is -2.38. The fraction of sp³-hybridized carbons (Fsp3) is 0.778. The predicted octanol–water partition coefficient (Wildman–Crippen LogP) is -0.690. The molecule has 2 N–H and O–H groups in total. The summed E-state index contributed by atoms with van der Waals surface area (Å²) in [5.74, 6) is -1.69. The highest BCUT2D eigenvalue weighted by Gasteiger charge is 2.63. The van der Waals surface area contributed by atoms with Gasteiger partial charge in [-0.1, -0.05) is 20.8 Å². The van der Waals surface area contributed by atoms with Crippen molar-refractivity contribution in [3.05, 3.63) is 0 Å². The van der Waals surface area contributed by atoms with Gasteiger partial charge >= 0.3 is 11.9 Å². The second kappa shape index (κ2) is 4.15. The number of carboxylic acid groups (broad SMARTS) is 1. The Morgan fingerprint density at radius 1 is 1.31 bits per heavy atom. The number of aliphatic carboxylic acids is 1. The first-order chi connectivity index (χ1) is 7.21. The van der Waals surface area contributed by atoms with Gasteiger partial charge in [-0.25, -0.2) is 0 Å². The molecule has 0 aliphatic carbocycles. The monoisotopic (exact) mass is 247 g/mol. The maximum atomic E-state index is 11.3. The minimum atomic E-state index is -2.44. The summed E-state index contributed by atoms with van der Waals surface area (Å²) in [5.41, 5.74) is 0. The molecule has 92 valence electrons. The highest BCUT2D eigenvalue weighted by Crippen LogP contribution is 2.39. The van der Waals surface area contributed by atoms with Gasteiger partial charge < -0.3 is 14.6 Å². The topological polar surface area (TPSA) is 86.8 Å². The molecule has 1 heterocycles. The van der Waals surface area contributed by atoms with Crippen LogP contribution in [0.15, 0.2) is 0 Å². The summed E-state index contributed by atoms with van der Waals surface area (Å²) in [7, 11) is -1.23. The first-order valence-electron chi connectivity index (χ1n) is 4.98. The average molecular weight is 247 g/mol. The quantitative estimate of drug-likeness (QED) is 0.390. The summed E-state index contributed by atoms with van der Waals surface area (Å²) in [5, 5.41) is 8.54. The summed E-state index contributed by atoms with van der Waals surface area (Å²) in [6.45, 7) is 5.49. The number of carboxylic acids is 1. The number of nitrogens with zero attached hydrogens (tertiary/aromatic N) is 1. The lowest BCUT2D eigenvalue weighted by molar-refractivity contribution is -0.143. The summed E-state index contributed by atoms with van der Waals surface area (Å²) >= 11 is 0. The van der Waals surface area contributed by atoms with E-state index in [1.165, 1.54) is 11.7 Å². The van der Waals surface area contributed by atoms with E-state index in [0.29, 0.717) is 0 Å². The van der Waals surface area contributed by atoms with Gasteiger partial charge in [-0.3, -0.25) is 14.2 Å². The zero-order chi connectivity index (χ0) is 12.7. The molecule has 1 fully saturated rings. The minimum absolute atomic E-state index is 0.379. The Morgan fingerprint density at radius 2 is 1.81 bits per heavy atom. The summed E-state index contributed by atoms with van der Waals surface area (Å²) in [4.78, 5) is 32.3. The van der Waals surface area contributed by atoms with Crippen LogP contribution in [0.5, 0.6) is 0 Å². The van der Waals surface area contributed by atoms with Crippen LogP contribution >= 0.6 is 0 Å². The Hall–Kier alpha value is -0.923. The van der Waals surface area contributed by atoms with Gasteiger partial charge in [0.05, 0.1) is 7.11 Å². The molecule has 0 spiro atoms. The van der Waals surface area contributed by atoms with Crippen molar-refractivity contribution in [1.82, 2.24) is 4.57 Å². The van der Waals surface area contributed by atoms with Crippen molar-refractivity contribution < 1.29 is 24.2 Å². The van der Waals surface area contributed by atoms with Crippen molar-refractivity contribution in [3.63, 3.8) is 0 Å². The molecule has 1 aliphatic heterocycles. The molecule has 1 rings (SSSR count). The van der Waals surface area contributed by atoms with Gasteiger partial charge in [0.2, 0.25) is 0 Å². The van der Waals surface area contributed by atoms with Crippen molar-refractivity contribution >= 4 is 21.1 Å². The second-order valence-corrected chi connectivity index (χ2v) is 8.01. The van der Waals surface area contributed by atoms with E-state index in [2.05, 4.69) is 4.74 Å². The third-order valence-corrected chi connectivity index (χ3v) is 5.36. The van der Waals surface area contributed by atoms with Gasteiger partial charge in [0.25, 0.3) is 9.20 Å². The maximum absolute atomic E-state index is 11.3. The molecule has 0 aromatic carbocycles. The maximum Gasteiger partial charge on any atom is 0.324 e. The van der Waals surface area contributed by atoms with E-state index in [9.17, 15) is 14.4 Å². The standard InChI is InChI=1S/C9H17NO5Si/c1-9(2,3)16(14)10-5(7(11)12)6(10)8(13)15-4/h5-6,14,16H,1-4H3,(H,11,12)/t5-,6+,10?,16?/m0/s1. The van der Waals surface area contributed by atoms with Crippen LogP contribution in [0.3, 0.4) is 0 Å². The lowest BCUT2D eigenvalue weighted by atomic mass is 10.3. The molecule has 2 unspecified atom stereocenters. The van der Waals surface area contributed by atoms with E-state index in [1.54, 1.807) is 0 Å². The molecule has 0 radical (unpaired) electrons. The molecule has 0 saturated carbocycles. The number of rotatable bonds is 3. The van der Waals surface area contributed by atoms with Crippen LogP contribution in [0.25, 0.3) is 0 Å². The smallest absolute Gasteiger partial charge is 0.324 e. The Morgan fingerprint density at radius 3 is 2.12 bits per heavy atom. The summed E-state index contributed by atoms with van der Waals surface area (Å²) in [6, 6.07) is -1.74. The van der Waals surface area contributed by atoms with Crippen molar-refractivity contribution in [2.45, 2.75) is 37.9 Å². The Balaban J connectivity index is 2.82. The SMILES string of the molecule is COC(=O)[C@H]1[C@@H](C(=O)O)N1[SiH](O)C(C)(C)C. The van der Waals surface area contributed by atoms with Gasteiger partial charge in [0, 0.05) is 0 Å². The van der Waals surface area contributed by atoms with Gasteiger partial charge in [0.15, 0.2) is 0 Å². The van der Waals surface area contributed by atoms with Crippen molar-refractivity contribution in [3.8, 4) is 0 Å². The molecule has 6 nitrogen and oxygen atoms in total. The number of carbonyl (C=O) groups is 2. The first-order valence-corrected chi connectivity index (χ1v) is 6.59. The summed E-state index contributed by atoms with van der Waals surface area (Å²) in [6.07, 6.45) is 0. The zero-order valence-electron chi connectivity index (χ0n) is 9.80. The molecule has 1 saturated heterocycles. The molecule has 0 aromatic rings. The molecule has 4 atom stereocenters. The molecule has 1 aliphatic rings. The second-order valence-electron chi connectivity index (χ2n) is 4.94. The van der Waals surface area contributed by atoms with E-state index in [1.807, 2.05) is 20.8 Å². The zero-order valence-corrected chi connectivity index (χ0v) is 11.0. The number of esters is 1. The van der Waals surface area contributed by atoms with Crippen LogP contribution < -0.4 is 0 Å². The number of hydrogen-bond acceptors (Lipinski definition) is 5. The molecule has 0 aromatic heterocycles. The third-order valence-electron chi connectivity index (χ3n) is 2.60. The van der Waals surface area contributed by atoms with E-state index >= 15 is 0 Å².